The zero-order valence-corrected chi connectivity index (χ0v) is 7.98. The molecule has 5 nitrogen and oxygen atoms in total. The summed E-state index contributed by atoms with van der Waals surface area (Å²) in [5, 5.41) is 18.7. The van der Waals surface area contributed by atoms with Gasteiger partial charge >= 0.3 is 5.82 Å². The minimum absolute atomic E-state index is 0.0578. The van der Waals surface area contributed by atoms with Crippen molar-refractivity contribution >= 4 is 21.7 Å². The van der Waals surface area contributed by atoms with Gasteiger partial charge in [0.1, 0.15) is 6.42 Å². The minimum atomic E-state index is -0.590. The highest BCUT2D eigenvalue weighted by molar-refractivity contribution is 9.10. The Labute approximate surface area is 82.3 Å². The van der Waals surface area contributed by atoms with Crippen LogP contribution in [-0.2, 0) is 6.42 Å². The summed E-state index contributed by atoms with van der Waals surface area (Å²) >= 11 is 3.14. The number of nitrogens with zero attached hydrogens (tertiary/aromatic N) is 3. The van der Waals surface area contributed by atoms with E-state index in [4.69, 9.17) is 5.26 Å². The molecule has 0 N–H and O–H groups in total. The molecule has 0 saturated carbocycles. The van der Waals surface area contributed by atoms with E-state index >= 15 is 0 Å². The molecule has 13 heavy (non-hydrogen) atoms. The largest absolute Gasteiger partial charge is 0.363 e. The van der Waals surface area contributed by atoms with Gasteiger partial charge in [0.05, 0.1) is 10.5 Å². The summed E-state index contributed by atoms with van der Waals surface area (Å²) in [5.74, 6) is -0.242. The summed E-state index contributed by atoms with van der Waals surface area (Å²) in [6, 6.07) is 4.67. The molecule has 0 radical (unpaired) electrons. The molecule has 0 spiro atoms. The first-order valence-electron chi connectivity index (χ1n) is 3.32. The van der Waals surface area contributed by atoms with Crippen LogP contribution in [0.3, 0.4) is 0 Å². The number of hydrogen-bond donors (Lipinski definition) is 0. The van der Waals surface area contributed by atoms with Crippen molar-refractivity contribution in [1.29, 1.82) is 5.26 Å². The Morgan fingerprint density at radius 2 is 2.38 bits per heavy atom. The Bertz CT molecular complexity index is 386. The molecule has 0 bridgehead atoms. The first-order valence-corrected chi connectivity index (χ1v) is 4.11. The van der Waals surface area contributed by atoms with Crippen LogP contribution in [0.4, 0.5) is 5.82 Å². The van der Waals surface area contributed by atoms with E-state index in [2.05, 4.69) is 20.9 Å². The predicted octanol–water partition coefficient (Wildman–Crippen LogP) is 1.82. The van der Waals surface area contributed by atoms with Crippen molar-refractivity contribution in [2.45, 2.75) is 6.42 Å². The lowest BCUT2D eigenvalue weighted by atomic mass is 10.3. The molecule has 1 aromatic rings. The zero-order valence-electron chi connectivity index (χ0n) is 6.40. The molecule has 66 valence electrons. The van der Waals surface area contributed by atoms with Gasteiger partial charge in [0, 0.05) is 6.07 Å². The first kappa shape index (κ1) is 9.61. The summed E-state index contributed by atoms with van der Waals surface area (Å²) in [7, 11) is 0. The topological polar surface area (TPSA) is 79.8 Å². The standard InChI is InChI=1S/C7H4BrN3O2/c8-5-1-2-7(11(12)13)10-6(5)3-4-9/h1-2H,3H2. The molecule has 0 aliphatic carbocycles. The van der Waals surface area contributed by atoms with Crippen LogP contribution in [0.2, 0.25) is 0 Å². The van der Waals surface area contributed by atoms with E-state index in [1.54, 1.807) is 0 Å². The molecule has 0 saturated heterocycles. The molecule has 0 amide bonds. The lowest BCUT2D eigenvalue weighted by molar-refractivity contribution is -0.389. The van der Waals surface area contributed by atoms with Crippen molar-refractivity contribution in [2.24, 2.45) is 0 Å². The Hall–Kier alpha value is -1.48. The van der Waals surface area contributed by atoms with Crippen molar-refractivity contribution in [1.82, 2.24) is 4.98 Å². The number of halogens is 1. The SMILES string of the molecule is N#CCc1nc([N+](=O)[O-])ccc1Br. The Balaban J connectivity index is 3.12. The molecule has 1 heterocycles. The van der Waals surface area contributed by atoms with E-state index < -0.39 is 4.92 Å². The minimum Gasteiger partial charge on any atom is -0.358 e. The van der Waals surface area contributed by atoms with Gasteiger partial charge in [-0.2, -0.15) is 5.26 Å². The van der Waals surface area contributed by atoms with Gasteiger partial charge in [0.25, 0.3) is 0 Å². The number of hydrogen-bond acceptors (Lipinski definition) is 4. The van der Waals surface area contributed by atoms with Gasteiger partial charge in [-0.15, -0.1) is 0 Å². The number of aromatic nitrogens is 1. The fourth-order valence-electron chi connectivity index (χ4n) is 0.773. The summed E-state index contributed by atoms with van der Waals surface area (Å²) in [5.41, 5.74) is 0.386. The Kier molecular flexibility index (Phi) is 2.93. The third-order valence-electron chi connectivity index (χ3n) is 1.34. The van der Waals surface area contributed by atoms with Crippen LogP contribution in [0.25, 0.3) is 0 Å². The van der Waals surface area contributed by atoms with Gasteiger partial charge in [-0.25, -0.2) is 0 Å². The van der Waals surface area contributed by atoms with Gasteiger partial charge in [-0.05, 0) is 31.9 Å². The van der Waals surface area contributed by atoms with Crippen LogP contribution in [0, 0.1) is 21.4 Å². The second kappa shape index (κ2) is 3.96. The van der Waals surface area contributed by atoms with Crippen molar-refractivity contribution in [3.05, 3.63) is 32.4 Å². The van der Waals surface area contributed by atoms with Crippen LogP contribution in [0.5, 0.6) is 0 Å². The summed E-state index contributed by atoms with van der Waals surface area (Å²) in [6.45, 7) is 0. The van der Waals surface area contributed by atoms with Gasteiger partial charge in [-0.1, -0.05) is 0 Å². The van der Waals surface area contributed by atoms with E-state index in [1.165, 1.54) is 12.1 Å². The molecule has 0 atom stereocenters. The van der Waals surface area contributed by atoms with E-state index in [0.717, 1.165) is 0 Å². The van der Waals surface area contributed by atoms with Gasteiger partial charge < -0.3 is 10.1 Å². The summed E-state index contributed by atoms with van der Waals surface area (Å²) < 4.78 is 0.611. The van der Waals surface area contributed by atoms with Crippen LogP contribution in [-0.4, -0.2) is 9.91 Å². The highest BCUT2D eigenvalue weighted by Crippen LogP contribution is 2.18. The molecule has 6 heteroatoms. The van der Waals surface area contributed by atoms with Crippen LogP contribution in [0.1, 0.15) is 5.69 Å². The molecular weight excluding hydrogens is 238 g/mol. The fourth-order valence-corrected chi connectivity index (χ4v) is 1.13. The Morgan fingerprint density at radius 3 is 2.92 bits per heavy atom. The third-order valence-corrected chi connectivity index (χ3v) is 2.06. The van der Waals surface area contributed by atoms with Gasteiger partial charge in [0.15, 0.2) is 5.69 Å². The van der Waals surface area contributed by atoms with E-state index in [-0.39, 0.29) is 12.2 Å². The molecule has 1 rings (SSSR count). The van der Waals surface area contributed by atoms with Crippen molar-refractivity contribution in [2.75, 3.05) is 0 Å². The van der Waals surface area contributed by atoms with Gasteiger partial charge in [-0.3, -0.25) is 0 Å². The Morgan fingerprint density at radius 1 is 1.69 bits per heavy atom. The summed E-state index contributed by atoms with van der Waals surface area (Å²) in [4.78, 5) is 13.4. The highest BCUT2D eigenvalue weighted by atomic mass is 79.9. The molecule has 0 aliphatic rings. The first-order chi connectivity index (χ1) is 6.15. The number of rotatable bonds is 2. The zero-order chi connectivity index (χ0) is 9.84. The average molecular weight is 242 g/mol. The monoisotopic (exact) mass is 241 g/mol. The predicted molar refractivity (Wildman–Crippen MR) is 47.9 cm³/mol. The van der Waals surface area contributed by atoms with Crippen LogP contribution < -0.4 is 0 Å². The second-order valence-corrected chi connectivity index (χ2v) is 3.04. The molecule has 0 aromatic carbocycles. The number of nitro groups is 1. The molecule has 0 fully saturated rings. The van der Waals surface area contributed by atoms with E-state index in [9.17, 15) is 10.1 Å². The van der Waals surface area contributed by atoms with Crippen molar-refractivity contribution in [3.8, 4) is 6.07 Å². The fraction of sp³-hybridized carbons (Fsp3) is 0.143. The normalized spacial score (nSPS) is 9.23. The van der Waals surface area contributed by atoms with E-state index in [1.807, 2.05) is 6.07 Å². The van der Waals surface area contributed by atoms with Crippen LogP contribution >= 0.6 is 15.9 Å². The maximum absolute atomic E-state index is 10.3. The van der Waals surface area contributed by atoms with Crippen LogP contribution in [0.15, 0.2) is 16.6 Å². The maximum atomic E-state index is 10.3. The lowest BCUT2D eigenvalue weighted by Crippen LogP contribution is -1.96. The smallest absolute Gasteiger partial charge is 0.358 e. The molecule has 0 unspecified atom stereocenters. The third kappa shape index (κ3) is 2.23. The quantitative estimate of drug-likeness (QED) is 0.585. The van der Waals surface area contributed by atoms with Crippen molar-refractivity contribution < 1.29 is 4.92 Å². The van der Waals surface area contributed by atoms with Crippen molar-refractivity contribution in [3.63, 3.8) is 0 Å². The molecule has 1 aromatic heterocycles. The number of pyridine rings is 1. The van der Waals surface area contributed by atoms with Gasteiger partial charge in [0.2, 0.25) is 0 Å². The molecular formula is C7H4BrN3O2. The van der Waals surface area contributed by atoms with E-state index in [0.29, 0.717) is 10.2 Å². The second-order valence-electron chi connectivity index (χ2n) is 2.19. The lowest BCUT2D eigenvalue weighted by Gasteiger charge is -1.94. The average Bonchev–Trinajstić information content (AvgIpc) is 2.08. The number of nitriles is 1. The molecule has 0 aliphatic heterocycles. The summed E-state index contributed by atoms with van der Waals surface area (Å²) in [6.07, 6.45) is 0.0578. The maximum Gasteiger partial charge on any atom is 0.363 e. The highest BCUT2D eigenvalue weighted by Gasteiger charge is 2.12.